The number of carbonyl (C=O) groups excluding carboxylic acids is 1. The second-order valence-electron chi connectivity index (χ2n) is 7.55. The predicted octanol–water partition coefficient (Wildman–Crippen LogP) is 2.28. The van der Waals surface area contributed by atoms with E-state index >= 15 is 0 Å². The third kappa shape index (κ3) is 6.07. The second kappa shape index (κ2) is 10.3. The summed E-state index contributed by atoms with van der Waals surface area (Å²) in [6, 6.07) is 3.91. The molecule has 0 unspecified atom stereocenters. The van der Waals surface area contributed by atoms with Crippen LogP contribution in [0, 0.1) is 5.92 Å². The van der Waals surface area contributed by atoms with Gasteiger partial charge in [-0.05, 0) is 37.8 Å². The number of carbonyl (C=O) groups is 2. The fourth-order valence-electron chi connectivity index (χ4n) is 4.09. The lowest BCUT2D eigenvalue weighted by Gasteiger charge is -2.41. The Labute approximate surface area is 177 Å². The van der Waals surface area contributed by atoms with Crippen LogP contribution in [0.15, 0.2) is 24.5 Å². The molecule has 1 aromatic rings. The van der Waals surface area contributed by atoms with Crippen molar-refractivity contribution in [1.82, 2.24) is 9.88 Å². The minimum atomic E-state index is -5.08. The summed E-state index contributed by atoms with van der Waals surface area (Å²) in [6.07, 6.45) is 1.84. The highest BCUT2D eigenvalue weighted by molar-refractivity contribution is 5.79. The van der Waals surface area contributed by atoms with E-state index in [1.807, 2.05) is 12.1 Å². The van der Waals surface area contributed by atoms with Crippen molar-refractivity contribution < 1.29 is 42.1 Å². The number of hydrogen-bond acceptors (Lipinski definition) is 6. The lowest BCUT2D eigenvalue weighted by molar-refractivity contribution is -0.192. The van der Waals surface area contributed by atoms with Gasteiger partial charge in [0.15, 0.2) is 0 Å². The van der Waals surface area contributed by atoms with Gasteiger partial charge in [0.1, 0.15) is 18.0 Å². The van der Waals surface area contributed by atoms with Gasteiger partial charge in [-0.2, -0.15) is 13.2 Å². The number of fused-ring (bicyclic) bond motifs is 1. The van der Waals surface area contributed by atoms with Gasteiger partial charge in [0.2, 0.25) is 5.91 Å². The molecule has 0 bridgehead atoms. The number of hydrogen-bond donors (Lipinski definition) is 1. The molecule has 1 aliphatic carbocycles. The first-order valence-electron chi connectivity index (χ1n) is 10.1. The van der Waals surface area contributed by atoms with E-state index in [2.05, 4.69) is 9.88 Å². The third-order valence-corrected chi connectivity index (χ3v) is 5.55. The molecule has 1 N–H and O–H groups in total. The molecule has 0 spiro atoms. The van der Waals surface area contributed by atoms with Crippen LogP contribution in [0.3, 0.4) is 0 Å². The van der Waals surface area contributed by atoms with Gasteiger partial charge >= 0.3 is 12.1 Å². The third-order valence-electron chi connectivity index (χ3n) is 5.55. The molecule has 172 valence electrons. The first kappa shape index (κ1) is 23.3. The molecule has 3 fully saturated rings. The van der Waals surface area contributed by atoms with Crippen molar-refractivity contribution in [2.24, 2.45) is 5.92 Å². The van der Waals surface area contributed by atoms with E-state index in [1.165, 1.54) is 0 Å². The molecule has 3 atom stereocenters. The molecule has 31 heavy (non-hydrogen) atoms. The molecule has 3 aliphatic rings. The summed E-state index contributed by atoms with van der Waals surface area (Å²) in [5.74, 6) is -1.61. The summed E-state index contributed by atoms with van der Waals surface area (Å²) < 4.78 is 49.2. The molecule has 4 rings (SSSR count). The van der Waals surface area contributed by atoms with Crippen molar-refractivity contribution in [2.75, 3.05) is 26.4 Å². The zero-order valence-corrected chi connectivity index (χ0v) is 16.8. The molecule has 2 aliphatic heterocycles. The second-order valence-corrected chi connectivity index (χ2v) is 7.55. The van der Waals surface area contributed by atoms with Crippen LogP contribution in [0.1, 0.15) is 25.7 Å². The van der Waals surface area contributed by atoms with Gasteiger partial charge in [-0.25, -0.2) is 4.79 Å². The maximum absolute atomic E-state index is 12.9. The van der Waals surface area contributed by atoms with E-state index in [-0.39, 0.29) is 30.1 Å². The molecular formula is C20H25F3N2O6. The zero-order valence-electron chi connectivity index (χ0n) is 16.8. The minimum absolute atomic E-state index is 0.00973. The van der Waals surface area contributed by atoms with Crippen molar-refractivity contribution in [3.63, 3.8) is 0 Å². The minimum Gasteiger partial charge on any atom is -0.486 e. The molecular weight excluding hydrogens is 421 g/mol. The van der Waals surface area contributed by atoms with Crippen LogP contribution >= 0.6 is 0 Å². The van der Waals surface area contributed by atoms with Gasteiger partial charge in [0.25, 0.3) is 0 Å². The van der Waals surface area contributed by atoms with Crippen molar-refractivity contribution in [3.05, 3.63) is 24.5 Å². The normalized spacial score (nSPS) is 26.4. The zero-order chi connectivity index (χ0) is 22.4. The molecule has 11 heteroatoms. The van der Waals surface area contributed by atoms with Gasteiger partial charge in [0.05, 0.1) is 18.8 Å². The lowest BCUT2D eigenvalue weighted by atomic mass is 9.97. The molecule has 8 nitrogen and oxygen atoms in total. The Bertz CT molecular complexity index is 742. The van der Waals surface area contributed by atoms with E-state index in [4.69, 9.17) is 24.1 Å². The Hall–Kier alpha value is -2.40. The van der Waals surface area contributed by atoms with Gasteiger partial charge in [-0.1, -0.05) is 0 Å². The van der Waals surface area contributed by atoms with Crippen LogP contribution in [0.25, 0.3) is 0 Å². The van der Waals surface area contributed by atoms with Crippen molar-refractivity contribution in [2.45, 2.75) is 50.1 Å². The molecule has 0 aromatic carbocycles. The smallest absolute Gasteiger partial charge is 0.486 e. The Kier molecular flexibility index (Phi) is 7.71. The highest BCUT2D eigenvalue weighted by Crippen LogP contribution is 2.34. The van der Waals surface area contributed by atoms with Gasteiger partial charge in [0, 0.05) is 31.9 Å². The molecule has 3 heterocycles. The average Bonchev–Trinajstić information content (AvgIpc) is 3.17. The average molecular weight is 446 g/mol. The maximum Gasteiger partial charge on any atom is 0.490 e. The SMILES string of the molecule is O=C(C1CCOCC1)N1CCO[C@H]2[C@H](Oc3cccnc3)CC[C@@H]21.O=C(O)C(F)(F)F. The summed E-state index contributed by atoms with van der Waals surface area (Å²) in [5.41, 5.74) is 0. The van der Waals surface area contributed by atoms with Crippen LogP contribution in [0.2, 0.25) is 0 Å². The van der Waals surface area contributed by atoms with Gasteiger partial charge in [-0.15, -0.1) is 0 Å². The number of carboxylic acid groups (broad SMARTS) is 1. The van der Waals surface area contributed by atoms with Crippen LogP contribution in [-0.2, 0) is 19.1 Å². The highest BCUT2D eigenvalue weighted by Gasteiger charge is 2.46. The number of carboxylic acids is 1. The fourth-order valence-corrected chi connectivity index (χ4v) is 4.09. The number of pyridine rings is 1. The van der Waals surface area contributed by atoms with Crippen LogP contribution in [-0.4, -0.2) is 77.7 Å². The number of rotatable bonds is 3. The molecule has 1 aromatic heterocycles. The lowest BCUT2D eigenvalue weighted by Crippen LogP contribution is -2.56. The van der Waals surface area contributed by atoms with Crippen molar-refractivity contribution in [3.8, 4) is 5.75 Å². The predicted molar refractivity (Wildman–Crippen MR) is 100 cm³/mol. The van der Waals surface area contributed by atoms with E-state index < -0.39 is 12.1 Å². The summed E-state index contributed by atoms with van der Waals surface area (Å²) in [7, 11) is 0. The van der Waals surface area contributed by atoms with E-state index in [0.717, 1.165) is 31.4 Å². The maximum atomic E-state index is 12.9. The number of morpholine rings is 1. The van der Waals surface area contributed by atoms with E-state index in [0.29, 0.717) is 26.4 Å². The summed E-state index contributed by atoms with van der Waals surface area (Å²) in [6.45, 7) is 2.67. The molecule has 2 saturated heterocycles. The number of amides is 1. The number of aromatic nitrogens is 1. The first-order chi connectivity index (χ1) is 14.8. The van der Waals surface area contributed by atoms with Crippen LogP contribution < -0.4 is 4.74 Å². The number of alkyl halides is 3. The number of ether oxygens (including phenoxy) is 3. The summed E-state index contributed by atoms with van der Waals surface area (Å²) >= 11 is 0. The Morgan fingerprint density at radius 3 is 2.48 bits per heavy atom. The van der Waals surface area contributed by atoms with Crippen LogP contribution in [0.5, 0.6) is 5.75 Å². The molecule has 0 radical (unpaired) electrons. The Morgan fingerprint density at radius 1 is 1.16 bits per heavy atom. The Morgan fingerprint density at radius 2 is 1.87 bits per heavy atom. The number of nitrogens with zero attached hydrogens (tertiary/aromatic N) is 2. The molecule has 1 saturated carbocycles. The van der Waals surface area contributed by atoms with Gasteiger partial charge < -0.3 is 24.2 Å². The number of halogens is 3. The number of aliphatic carboxylic acids is 1. The fraction of sp³-hybridized carbons (Fsp3) is 0.650. The Balaban J connectivity index is 0.000000339. The van der Waals surface area contributed by atoms with Crippen LogP contribution in [0.4, 0.5) is 13.2 Å². The van der Waals surface area contributed by atoms with Gasteiger partial charge in [-0.3, -0.25) is 9.78 Å². The quantitative estimate of drug-likeness (QED) is 0.761. The monoisotopic (exact) mass is 446 g/mol. The van der Waals surface area contributed by atoms with E-state index in [1.54, 1.807) is 12.4 Å². The first-order valence-corrected chi connectivity index (χ1v) is 10.1. The van der Waals surface area contributed by atoms with Crippen molar-refractivity contribution >= 4 is 11.9 Å². The van der Waals surface area contributed by atoms with Crippen molar-refractivity contribution in [1.29, 1.82) is 0 Å². The van der Waals surface area contributed by atoms with E-state index in [9.17, 15) is 18.0 Å². The standard InChI is InChI=1S/C18H24N2O4.C2HF3O2/c21-18(13-5-9-22-10-6-13)20-8-11-23-17-15(20)3-4-16(17)24-14-2-1-7-19-12-14;3-2(4,5)1(6)7/h1-2,7,12-13,15-17H,3-6,8-11H2;(H,6,7)/t15-,16+,17+;/m0./s1. The summed E-state index contributed by atoms with van der Waals surface area (Å²) in [4.78, 5) is 28.0. The largest absolute Gasteiger partial charge is 0.490 e. The molecule has 1 amide bonds. The summed E-state index contributed by atoms with van der Waals surface area (Å²) in [5, 5.41) is 7.12. The highest BCUT2D eigenvalue weighted by atomic mass is 19.4. The topological polar surface area (TPSA) is 98.2 Å².